The van der Waals surface area contributed by atoms with E-state index in [0.717, 1.165) is 17.1 Å². The second-order valence-corrected chi connectivity index (χ2v) is 4.82. The maximum absolute atomic E-state index is 9.84. The number of rotatable bonds is 3. The van der Waals surface area contributed by atoms with Gasteiger partial charge in [0.25, 0.3) is 0 Å². The maximum Gasteiger partial charge on any atom is 0.127 e. The first-order valence-electron chi connectivity index (χ1n) is 6.67. The Labute approximate surface area is 120 Å². The average Bonchev–Trinajstić information content (AvgIpc) is 2.48. The molecule has 0 aliphatic carbocycles. The van der Waals surface area contributed by atoms with Crippen LogP contribution < -0.4 is 4.74 Å². The van der Waals surface area contributed by atoms with Crippen molar-refractivity contribution < 1.29 is 9.84 Å². The van der Waals surface area contributed by atoms with Gasteiger partial charge in [-0.1, -0.05) is 37.0 Å². The van der Waals surface area contributed by atoms with Crippen LogP contribution in [-0.2, 0) is 0 Å². The van der Waals surface area contributed by atoms with Crippen molar-refractivity contribution in [3.8, 4) is 23.3 Å². The summed E-state index contributed by atoms with van der Waals surface area (Å²) >= 11 is 0. The summed E-state index contributed by atoms with van der Waals surface area (Å²) in [6, 6.07) is 17.1. The van der Waals surface area contributed by atoms with Gasteiger partial charge in [-0.25, -0.2) is 0 Å². The third kappa shape index (κ3) is 4.15. The summed E-state index contributed by atoms with van der Waals surface area (Å²) in [7, 11) is 0. The van der Waals surface area contributed by atoms with E-state index < -0.39 is 5.60 Å². The molecule has 0 saturated carbocycles. The Morgan fingerprint density at radius 1 is 1.00 bits per heavy atom. The molecule has 1 unspecified atom stereocenters. The van der Waals surface area contributed by atoms with Gasteiger partial charge in [-0.3, -0.25) is 0 Å². The van der Waals surface area contributed by atoms with Crippen molar-refractivity contribution in [3.05, 3.63) is 60.2 Å². The molecule has 0 aromatic heterocycles. The lowest BCUT2D eigenvalue weighted by Crippen LogP contribution is -2.19. The molecule has 20 heavy (non-hydrogen) atoms. The summed E-state index contributed by atoms with van der Waals surface area (Å²) < 4.78 is 5.70. The fraction of sp³-hybridized carbons (Fsp3) is 0.222. The zero-order chi connectivity index (χ0) is 14.4. The SMILES string of the molecule is CCC(C)(O)C#Cc1ccc(Oc2ccccc2)cc1. The molecule has 0 aliphatic heterocycles. The van der Waals surface area contributed by atoms with Gasteiger partial charge in [-0.2, -0.15) is 0 Å². The Bertz CT molecular complexity index is 601. The van der Waals surface area contributed by atoms with Crippen LogP contribution in [0, 0.1) is 11.8 Å². The molecule has 0 bridgehead atoms. The second kappa shape index (κ2) is 6.27. The fourth-order valence-corrected chi connectivity index (χ4v) is 1.53. The topological polar surface area (TPSA) is 29.5 Å². The van der Waals surface area contributed by atoms with Gasteiger partial charge in [0.15, 0.2) is 0 Å². The Hall–Kier alpha value is -2.24. The van der Waals surface area contributed by atoms with Crippen LogP contribution in [0.25, 0.3) is 0 Å². The smallest absolute Gasteiger partial charge is 0.127 e. The molecule has 0 radical (unpaired) electrons. The number of ether oxygens (including phenoxy) is 1. The van der Waals surface area contributed by atoms with E-state index in [1.54, 1.807) is 6.92 Å². The minimum absolute atomic E-state index is 0.606. The Balaban J connectivity index is 2.07. The molecular weight excluding hydrogens is 248 g/mol. The summed E-state index contributed by atoms with van der Waals surface area (Å²) in [6.07, 6.45) is 0.606. The minimum atomic E-state index is -0.931. The molecular formula is C18H18O2. The Morgan fingerprint density at radius 2 is 1.60 bits per heavy atom. The minimum Gasteiger partial charge on any atom is -0.457 e. The van der Waals surface area contributed by atoms with Crippen LogP contribution in [0.5, 0.6) is 11.5 Å². The van der Waals surface area contributed by atoms with Crippen LogP contribution in [0.2, 0.25) is 0 Å². The molecule has 0 heterocycles. The number of para-hydroxylation sites is 1. The average molecular weight is 266 g/mol. The predicted octanol–water partition coefficient (Wildman–Crippen LogP) is 3.99. The number of benzene rings is 2. The molecule has 2 heteroatoms. The van der Waals surface area contributed by atoms with Crippen molar-refractivity contribution in [2.75, 3.05) is 0 Å². The van der Waals surface area contributed by atoms with E-state index in [0.29, 0.717) is 6.42 Å². The van der Waals surface area contributed by atoms with E-state index in [1.807, 2.05) is 61.5 Å². The van der Waals surface area contributed by atoms with Crippen LogP contribution in [0.4, 0.5) is 0 Å². The lowest BCUT2D eigenvalue weighted by Gasteiger charge is -2.11. The van der Waals surface area contributed by atoms with Crippen LogP contribution in [0.1, 0.15) is 25.8 Å². The van der Waals surface area contributed by atoms with Crippen molar-refractivity contribution in [1.29, 1.82) is 0 Å². The van der Waals surface area contributed by atoms with Gasteiger partial charge in [0, 0.05) is 5.56 Å². The molecule has 2 aromatic rings. The van der Waals surface area contributed by atoms with Gasteiger partial charge in [-0.15, -0.1) is 0 Å². The van der Waals surface area contributed by atoms with E-state index in [9.17, 15) is 5.11 Å². The number of hydrogen-bond acceptors (Lipinski definition) is 2. The summed E-state index contributed by atoms with van der Waals surface area (Å²) in [4.78, 5) is 0. The van der Waals surface area contributed by atoms with Crippen molar-refractivity contribution in [2.45, 2.75) is 25.9 Å². The predicted molar refractivity (Wildman–Crippen MR) is 80.8 cm³/mol. The van der Waals surface area contributed by atoms with Crippen LogP contribution in [0.3, 0.4) is 0 Å². The standard InChI is InChI=1S/C18H18O2/c1-3-18(2,19)14-13-15-9-11-17(12-10-15)20-16-7-5-4-6-8-16/h4-12,19H,3H2,1-2H3. The summed E-state index contributed by atoms with van der Waals surface area (Å²) in [5, 5.41) is 9.84. The van der Waals surface area contributed by atoms with Gasteiger partial charge < -0.3 is 9.84 Å². The summed E-state index contributed by atoms with van der Waals surface area (Å²) in [6.45, 7) is 3.62. The fourth-order valence-electron chi connectivity index (χ4n) is 1.53. The Kier molecular flexibility index (Phi) is 4.45. The van der Waals surface area contributed by atoms with E-state index in [-0.39, 0.29) is 0 Å². The summed E-state index contributed by atoms with van der Waals surface area (Å²) in [5.41, 5.74) is -0.0710. The molecule has 2 aromatic carbocycles. The molecule has 1 atom stereocenters. The third-order valence-electron chi connectivity index (χ3n) is 3.00. The van der Waals surface area contributed by atoms with Crippen LogP contribution in [0.15, 0.2) is 54.6 Å². The third-order valence-corrected chi connectivity index (χ3v) is 3.00. The first-order chi connectivity index (χ1) is 9.59. The van der Waals surface area contributed by atoms with Gasteiger partial charge in [0.1, 0.15) is 17.1 Å². The van der Waals surface area contributed by atoms with Crippen molar-refractivity contribution in [2.24, 2.45) is 0 Å². The lowest BCUT2D eigenvalue weighted by atomic mass is 10.0. The monoisotopic (exact) mass is 266 g/mol. The highest BCUT2D eigenvalue weighted by molar-refractivity contribution is 5.40. The zero-order valence-corrected chi connectivity index (χ0v) is 11.8. The highest BCUT2D eigenvalue weighted by atomic mass is 16.5. The van der Waals surface area contributed by atoms with Gasteiger partial charge in [0.2, 0.25) is 0 Å². The molecule has 0 aliphatic rings. The molecule has 0 fully saturated rings. The van der Waals surface area contributed by atoms with Crippen LogP contribution >= 0.6 is 0 Å². The first-order valence-corrected chi connectivity index (χ1v) is 6.67. The van der Waals surface area contributed by atoms with E-state index in [2.05, 4.69) is 11.8 Å². The molecule has 2 rings (SSSR count). The van der Waals surface area contributed by atoms with E-state index in [4.69, 9.17) is 4.74 Å². The highest BCUT2D eigenvalue weighted by Gasteiger charge is 2.12. The lowest BCUT2D eigenvalue weighted by molar-refractivity contribution is 0.118. The van der Waals surface area contributed by atoms with E-state index >= 15 is 0 Å². The van der Waals surface area contributed by atoms with Gasteiger partial charge in [-0.05, 0) is 49.7 Å². The quantitative estimate of drug-likeness (QED) is 0.851. The number of aliphatic hydroxyl groups is 1. The molecule has 0 saturated heterocycles. The van der Waals surface area contributed by atoms with Crippen molar-refractivity contribution in [3.63, 3.8) is 0 Å². The zero-order valence-electron chi connectivity index (χ0n) is 11.8. The maximum atomic E-state index is 9.84. The largest absolute Gasteiger partial charge is 0.457 e. The van der Waals surface area contributed by atoms with Gasteiger partial charge in [0.05, 0.1) is 0 Å². The highest BCUT2D eigenvalue weighted by Crippen LogP contribution is 2.20. The van der Waals surface area contributed by atoms with E-state index in [1.165, 1.54) is 0 Å². The molecule has 102 valence electrons. The molecule has 1 N–H and O–H groups in total. The van der Waals surface area contributed by atoms with Crippen LogP contribution in [-0.4, -0.2) is 10.7 Å². The first kappa shape index (κ1) is 14.2. The molecule has 0 spiro atoms. The van der Waals surface area contributed by atoms with Crippen molar-refractivity contribution in [1.82, 2.24) is 0 Å². The molecule has 2 nitrogen and oxygen atoms in total. The summed E-state index contributed by atoms with van der Waals surface area (Å²) in [5.74, 6) is 7.40. The number of hydrogen-bond donors (Lipinski definition) is 1. The normalized spacial score (nSPS) is 12.9. The van der Waals surface area contributed by atoms with Gasteiger partial charge >= 0.3 is 0 Å². The van der Waals surface area contributed by atoms with Crippen molar-refractivity contribution >= 4 is 0 Å². The molecule has 0 amide bonds. The Morgan fingerprint density at radius 3 is 2.20 bits per heavy atom. The second-order valence-electron chi connectivity index (χ2n) is 4.82.